The van der Waals surface area contributed by atoms with Crippen molar-refractivity contribution in [3.63, 3.8) is 0 Å². The molecule has 0 aliphatic carbocycles. The number of carbonyl (C=O) groups is 2. The Bertz CT molecular complexity index is 818. The lowest BCUT2D eigenvalue weighted by Crippen LogP contribution is -2.52. The molecule has 0 saturated carbocycles. The molecule has 1 aliphatic rings. The van der Waals surface area contributed by atoms with Gasteiger partial charge in [0.1, 0.15) is 28.9 Å². The van der Waals surface area contributed by atoms with Crippen molar-refractivity contribution in [2.45, 2.75) is 6.04 Å². The number of halogens is 1. The van der Waals surface area contributed by atoms with Crippen molar-refractivity contribution in [2.24, 2.45) is 0 Å². The van der Waals surface area contributed by atoms with Crippen molar-refractivity contribution in [3.8, 4) is 11.5 Å². The summed E-state index contributed by atoms with van der Waals surface area (Å²) in [6.07, 6.45) is 0. The predicted octanol–water partition coefficient (Wildman–Crippen LogP) is 2.16. The largest absolute Gasteiger partial charge is 0.496 e. The predicted molar refractivity (Wildman–Crippen MR) is 92.7 cm³/mol. The topological polar surface area (TPSA) is 67.9 Å². The number of piperazine rings is 1. The van der Waals surface area contributed by atoms with E-state index in [1.807, 2.05) is 0 Å². The summed E-state index contributed by atoms with van der Waals surface area (Å²) < 4.78 is 24.9. The molecule has 136 valence electrons. The molecule has 2 aromatic rings. The normalized spacial score (nSPS) is 16.8. The lowest BCUT2D eigenvalue weighted by molar-refractivity contribution is -0.128. The van der Waals surface area contributed by atoms with Crippen LogP contribution < -0.4 is 14.8 Å². The smallest absolute Gasteiger partial charge is 0.262 e. The van der Waals surface area contributed by atoms with Crippen LogP contribution in [0.4, 0.5) is 4.39 Å². The molecule has 1 unspecified atom stereocenters. The molecule has 1 heterocycles. The van der Waals surface area contributed by atoms with Gasteiger partial charge >= 0.3 is 0 Å². The second-order valence-electron chi connectivity index (χ2n) is 5.75. The highest BCUT2D eigenvalue weighted by Gasteiger charge is 2.38. The van der Waals surface area contributed by atoms with Crippen LogP contribution in [0.1, 0.15) is 22.0 Å². The highest BCUT2D eigenvalue weighted by molar-refractivity contribution is 6.02. The summed E-state index contributed by atoms with van der Waals surface area (Å²) in [5.74, 6) is -0.773. The van der Waals surface area contributed by atoms with Crippen molar-refractivity contribution in [1.29, 1.82) is 0 Å². The van der Waals surface area contributed by atoms with Crippen LogP contribution in [-0.2, 0) is 4.79 Å². The van der Waals surface area contributed by atoms with E-state index < -0.39 is 23.7 Å². The first kappa shape index (κ1) is 17.7. The maximum absolute atomic E-state index is 14.3. The van der Waals surface area contributed by atoms with Crippen molar-refractivity contribution >= 4 is 11.8 Å². The molecule has 0 radical (unpaired) electrons. The molecule has 0 bridgehead atoms. The van der Waals surface area contributed by atoms with Gasteiger partial charge in [0.15, 0.2) is 0 Å². The maximum atomic E-state index is 14.3. The molecule has 26 heavy (non-hydrogen) atoms. The van der Waals surface area contributed by atoms with Gasteiger partial charge in [-0.25, -0.2) is 4.39 Å². The summed E-state index contributed by atoms with van der Waals surface area (Å²) in [5.41, 5.74) is 0.348. The number of nitrogens with zero attached hydrogens (tertiary/aromatic N) is 1. The van der Waals surface area contributed by atoms with Gasteiger partial charge < -0.3 is 19.7 Å². The van der Waals surface area contributed by atoms with Crippen LogP contribution in [0.3, 0.4) is 0 Å². The maximum Gasteiger partial charge on any atom is 0.262 e. The van der Waals surface area contributed by atoms with Crippen LogP contribution in [0.15, 0.2) is 42.5 Å². The van der Waals surface area contributed by atoms with E-state index in [9.17, 15) is 14.0 Å². The summed E-state index contributed by atoms with van der Waals surface area (Å²) in [6, 6.07) is 9.85. The number of methoxy groups -OCH3 is 2. The van der Waals surface area contributed by atoms with Crippen molar-refractivity contribution in [1.82, 2.24) is 10.2 Å². The Kier molecular flexibility index (Phi) is 5.06. The van der Waals surface area contributed by atoms with Crippen LogP contribution in [0.5, 0.6) is 11.5 Å². The van der Waals surface area contributed by atoms with E-state index in [1.165, 1.54) is 37.3 Å². The molecule has 2 amide bonds. The number of ether oxygens (including phenoxy) is 2. The average Bonchev–Trinajstić information content (AvgIpc) is 2.67. The highest BCUT2D eigenvalue weighted by Crippen LogP contribution is 2.33. The Morgan fingerprint density at radius 3 is 2.38 bits per heavy atom. The zero-order valence-electron chi connectivity index (χ0n) is 14.5. The van der Waals surface area contributed by atoms with E-state index in [2.05, 4.69) is 5.32 Å². The summed E-state index contributed by atoms with van der Waals surface area (Å²) in [4.78, 5) is 27.1. The van der Waals surface area contributed by atoms with Crippen molar-refractivity contribution in [2.75, 3.05) is 27.3 Å². The van der Waals surface area contributed by atoms with E-state index >= 15 is 0 Å². The number of rotatable bonds is 4. The summed E-state index contributed by atoms with van der Waals surface area (Å²) in [7, 11) is 2.89. The van der Waals surface area contributed by atoms with Crippen molar-refractivity contribution < 1.29 is 23.5 Å². The molecule has 6 nitrogen and oxygen atoms in total. The summed E-state index contributed by atoms with van der Waals surface area (Å²) in [5, 5.41) is 2.69. The van der Waals surface area contributed by atoms with Gasteiger partial charge in [-0.2, -0.15) is 0 Å². The third kappa shape index (κ3) is 3.08. The minimum absolute atomic E-state index is 0.145. The Balaban J connectivity index is 2.08. The van der Waals surface area contributed by atoms with Crippen LogP contribution in [0.25, 0.3) is 0 Å². The first-order valence-corrected chi connectivity index (χ1v) is 8.12. The van der Waals surface area contributed by atoms with E-state index in [1.54, 1.807) is 24.3 Å². The zero-order valence-corrected chi connectivity index (χ0v) is 14.5. The number of carbonyl (C=O) groups excluding carboxylic acids is 2. The van der Waals surface area contributed by atoms with Gasteiger partial charge in [-0.1, -0.05) is 24.3 Å². The quantitative estimate of drug-likeness (QED) is 0.909. The van der Waals surface area contributed by atoms with Gasteiger partial charge in [-0.3, -0.25) is 9.59 Å². The summed E-state index contributed by atoms with van der Waals surface area (Å²) in [6.45, 7) is 0.526. The van der Waals surface area contributed by atoms with Crippen LogP contribution in [0.2, 0.25) is 0 Å². The standard InChI is InChI=1S/C19H19FN2O4/c1-25-14-8-5-9-15(26-2)16(14)19(24)22-11-10-21-18(23)17(22)12-6-3-4-7-13(12)20/h3-9,17H,10-11H2,1-2H3,(H,21,23). The molecule has 3 rings (SSSR count). The SMILES string of the molecule is COc1cccc(OC)c1C(=O)N1CCNC(=O)C1c1ccccc1F. The Morgan fingerprint density at radius 2 is 1.77 bits per heavy atom. The Labute approximate surface area is 150 Å². The van der Waals surface area contributed by atoms with E-state index in [0.717, 1.165) is 0 Å². The third-order valence-electron chi connectivity index (χ3n) is 4.31. The number of nitrogens with one attached hydrogen (secondary N) is 1. The average molecular weight is 358 g/mol. The van der Waals surface area contributed by atoms with Gasteiger partial charge in [-0.05, 0) is 18.2 Å². The fourth-order valence-electron chi connectivity index (χ4n) is 3.10. The molecule has 1 atom stereocenters. The minimum Gasteiger partial charge on any atom is -0.496 e. The molecule has 1 fully saturated rings. The molecule has 1 aliphatic heterocycles. The van der Waals surface area contributed by atoms with Crippen LogP contribution >= 0.6 is 0 Å². The molecule has 2 aromatic carbocycles. The zero-order chi connectivity index (χ0) is 18.7. The molecule has 0 spiro atoms. The number of hydrogen-bond donors (Lipinski definition) is 1. The van der Waals surface area contributed by atoms with E-state index in [4.69, 9.17) is 9.47 Å². The van der Waals surface area contributed by atoms with Gasteiger partial charge in [0.2, 0.25) is 5.91 Å². The number of hydrogen-bond acceptors (Lipinski definition) is 4. The van der Waals surface area contributed by atoms with Crippen molar-refractivity contribution in [3.05, 3.63) is 59.4 Å². The van der Waals surface area contributed by atoms with Crippen LogP contribution in [0, 0.1) is 5.82 Å². The monoisotopic (exact) mass is 358 g/mol. The number of benzene rings is 2. The molecular formula is C19H19FN2O4. The Hall–Kier alpha value is -3.09. The molecule has 0 aromatic heterocycles. The first-order chi connectivity index (χ1) is 12.6. The number of amides is 2. The van der Waals surface area contributed by atoms with Gasteiger partial charge in [0.25, 0.3) is 5.91 Å². The highest BCUT2D eigenvalue weighted by atomic mass is 19.1. The molecule has 1 saturated heterocycles. The third-order valence-corrected chi connectivity index (χ3v) is 4.31. The Morgan fingerprint density at radius 1 is 1.12 bits per heavy atom. The van der Waals surface area contributed by atoms with E-state index in [-0.39, 0.29) is 24.2 Å². The van der Waals surface area contributed by atoms with Gasteiger partial charge in [0, 0.05) is 18.7 Å². The molecule has 1 N–H and O–H groups in total. The lowest BCUT2D eigenvalue weighted by Gasteiger charge is -2.35. The van der Waals surface area contributed by atoms with E-state index in [0.29, 0.717) is 11.5 Å². The van der Waals surface area contributed by atoms with Crippen LogP contribution in [-0.4, -0.2) is 44.0 Å². The second-order valence-corrected chi connectivity index (χ2v) is 5.75. The molecular weight excluding hydrogens is 339 g/mol. The van der Waals surface area contributed by atoms with Gasteiger partial charge in [-0.15, -0.1) is 0 Å². The summed E-state index contributed by atoms with van der Waals surface area (Å²) >= 11 is 0. The lowest BCUT2D eigenvalue weighted by atomic mass is 10.00. The second kappa shape index (κ2) is 7.43. The fourth-order valence-corrected chi connectivity index (χ4v) is 3.10. The first-order valence-electron chi connectivity index (χ1n) is 8.12. The fraction of sp³-hybridized carbons (Fsp3) is 0.263. The van der Waals surface area contributed by atoms with Gasteiger partial charge in [0.05, 0.1) is 14.2 Å². The molecule has 7 heteroatoms. The minimum atomic E-state index is -1.06.